The molecule has 0 aliphatic carbocycles. The molecule has 5 nitrogen and oxygen atoms in total. The number of halogens is 1. The van der Waals surface area contributed by atoms with Crippen LogP contribution in [0, 0.1) is 18.2 Å². The summed E-state index contributed by atoms with van der Waals surface area (Å²) < 4.78 is 18.5. The highest BCUT2D eigenvalue weighted by Gasteiger charge is 2.46. The molecule has 0 saturated carbocycles. The van der Waals surface area contributed by atoms with Gasteiger partial charge in [0.25, 0.3) is 5.91 Å². The van der Waals surface area contributed by atoms with Crippen LogP contribution in [-0.4, -0.2) is 48.7 Å². The van der Waals surface area contributed by atoms with E-state index in [9.17, 15) is 19.1 Å². The number of rotatable bonds is 4. The molecule has 1 fully saturated rings. The van der Waals surface area contributed by atoms with Crippen LogP contribution in [0.1, 0.15) is 22.3 Å². The van der Waals surface area contributed by atoms with E-state index in [1.165, 1.54) is 24.1 Å². The van der Waals surface area contributed by atoms with E-state index in [1.54, 1.807) is 13.0 Å². The van der Waals surface area contributed by atoms with Gasteiger partial charge in [0, 0.05) is 25.8 Å². The Morgan fingerprint density at radius 2 is 2.19 bits per heavy atom. The first-order chi connectivity index (χ1) is 9.89. The van der Waals surface area contributed by atoms with Gasteiger partial charge in [0.15, 0.2) is 0 Å². The highest BCUT2D eigenvalue weighted by atomic mass is 19.1. The second kappa shape index (κ2) is 5.81. The van der Waals surface area contributed by atoms with Crippen LogP contribution < -0.4 is 0 Å². The number of carboxylic acid groups (broad SMARTS) is 1. The van der Waals surface area contributed by atoms with Gasteiger partial charge in [-0.1, -0.05) is 6.07 Å². The summed E-state index contributed by atoms with van der Waals surface area (Å²) in [5.74, 6) is -1.77. The number of hydrogen-bond donors (Lipinski definition) is 1. The van der Waals surface area contributed by atoms with E-state index in [2.05, 4.69) is 0 Å². The molecule has 1 aromatic carbocycles. The number of aliphatic carboxylic acids is 1. The minimum Gasteiger partial charge on any atom is -0.481 e. The average Bonchev–Trinajstić information content (AvgIpc) is 2.87. The Labute approximate surface area is 122 Å². The largest absolute Gasteiger partial charge is 0.481 e. The van der Waals surface area contributed by atoms with Gasteiger partial charge >= 0.3 is 5.97 Å². The van der Waals surface area contributed by atoms with Gasteiger partial charge in [-0.15, -0.1) is 0 Å². The molecule has 6 heteroatoms. The summed E-state index contributed by atoms with van der Waals surface area (Å²) in [6, 6.07) is 4.28. The number of amides is 1. The molecule has 0 spiro atoms. The number of ether oxygens (including phenoxy) is 1. The second-order valence-electron chi connectivity index (χ2n) is 5.46. The molecule has 1 heterocycles. The molecule has 0 radical (unpaired) electrons. The number of likely N-dealkylation sites (tertiary alicyclic amines) is 1. The third-order valence-corrected chi connectivity index (χ3v) is 3.93. The number of carboxylic acids is 1. The summed E-state index contributed by atoms with van der Waals surface area (Å²) in [5, 5.41) is 9.37. The van der Waals surface area contributed by atoms with Gasteiger partial charge in [0.2, 0.25) is 0 Å². The third-order valence-electron chi connectivity index (χ3n) is 3.93. The average molecular weight is 295 g/mol. The van der Waals surface area contributed by atoms with Crippen molar-refractivity contribution >= 4 is 11.9 Å². The van der Waals surface area contributed by atoms with E-state index < -0.39 is 17.2 Å². The fourth-order valence-electron chi connectivity index (χ4n) is 2.58. The first-order valence-corrected chi connectivity index (χ1v) is 6.67. The number of methoxy groups -OCH3 is 1. The first kappa shape index (κ1) is 15.4. The number of hydrogen-bond acceptors (Lipinski definition) is 3. The van der Waals surface area contributed by atoms with Crippen LogP contribution in [0.2, 0.25) is 0 Å². The fourth-order valence-corrected chi connectivity index (χ4v) is 2.58. The van der Waals surface area contributed by atoms with Gasteiger partial charge in [0.05, 0.1) is 6.61 Å². The fraction of sp³-hybridized carbons (Fsp3) is 0.467. The maximum Gasteiger partial charge on any atom is 0.313 e. The molecule has 0 aromatic heterocycles. The van der Waals surface area contributed by atoms with E-state index in [1.807, 2.05) is 0 Å². The van der Waals surface area contributed by atoms with Gasteiger partial charge in [-0.2, -0.15) is 0 Å². The Balaban J connectivity index is 2.18. The van der Waals surface area contributed by atoms with Crippen molar-refractivity contribution in [2.24, 2.45) is 5.41 Å². The molecule has 1 amide bonds. The molecule has 1 unspecified atom stereocenters. The van der Waals surface area contributed by atoms with Crippen LogP contribution >= 0.6 is 0 Å². The zero-order valence-corrected chi connectivity index (χ0v) is 12.1. The molecule has 1 N–H and O–H groups in total. The molecule has 1 aliphatic heterocycles. The van der Waals surface area contributed by atoms with Crippen molar-refractivity contribution in [1.82, 2.24) is 4.90 Å². The van der Waals surface area contributed by atoms with E-state index >= 15 is 0 Å². The topological polar surface area (TPSA) is 66.8 Å². The van der Waals surface area contributed by atoms with E-state index in [-0.39, 0.29) is 24.6 Å². The predicted molar refractivity (Wildman–Crippen MR) is 73.6 cm³/mol. The Hall–Kier alpha value is -1.95. The molecule has 2 rings (SSSR count). The minimum absolute atomic E-state index is 0.0500. The molecular weight excluding hydrogens is 277 g/mol. The van der Waals surface area contributed by atoms with Crippen LogP contribution in [0.3, 0.4) is 0 Å². The Kier molecular flexibility index (Phi) is 4.27. The van der Waals surface area contributed by atoms with Crippen molar-refractivity contribution in [2.45, 2.75) is 13.3 Å². The lowest BCUT2D eigenvalue weighted by Crippen LogP contribution is -2.40. The summed E-state index contributed by atoms with van der Waals surface area (Å²) in [6.45, 7) is 2.07. The van der Waals surface area contributed by atoms with Gasteiger partial charge in [0.1, 0.15) is 11.2 Å². The maximum absolute atomic E-state index is 13.5. The van der Waals surface area contributed by atoms with Crippen LogP contribution in [0.4, 0.5) is 4.39 Å². The Bertz CT molecular complexity index is 575. The molecule has 1 aromatic rings. The second-order valence-corrected chi connectivity index (χ2v) is 5.46. The number of nitrogens with zero attached hydrogens (tertiary/aromatic N) is 1. The SMILES string of the molecule is COCC1(C(=O)O)CCN(C(=O)c2ccc(C)c(F)c2)C1. The van der Waals surface area contributed by atoms with E-state index in [0.29, 0.717) is 18.5 Å². The standard InChI is InChI=1S/C15H18FNO4/c1-10-3-4-11(7-12(10)16)13(18)17-6-5-15(8-17,9-21-2)14(19)20/h3-4,7H,5-6,8-9H2,1-2H3,(H,19,20). The smallest absolute Gasteiger partial charge is 0.313 e. The summed E-state index contributed by atoms with van der Waals surface area (Å²) in [5.41, 5.74) is -0.378. The van der Waals surface area contributed by atoms with Gasteiger partial charge in [-0.3, -0.25) is 9.59 Å². The molecular formula is C15H18FNO4. The maximum atomic E-state index is 13.5. The Morgan fingerprint density at radius 1 is 1.48 bits per heavy atom. The lowest BCUT2D eigenvalue weighted by atomic mass is 9.88. The lowest BCUT2D eigenvalue weighted by Gasteiger charge is -2.23. The van der Waals surface area contributed by atoms with Crippen molar-refractivity contribution < 1.29 is 23.8 Å². The summed E-state index contributed by atoms with van der Waals surface area (Å²) in [4.78, 5) is 25.2. The first-order valence-electron chi connectivity index (χ1n) is 6.67. The van der Waals surface area contributed by atoms with Gasteiger partial charge < -0.3 is 14.7 Å². The van der Waals surface area contributed by atoms with Crippen molar-refractivity contribution in [3.05, 3.63) is 35.1 Å². The number of carbonyl (C=O) groups excluding carboxylic acids is 1. The molecule has 1 atom stereocenters. The zero-order valence-electron chi connectivity index (χ0n) is 12.1. The van der Waals surface area contributed by atoms with Crippen molar-refractivity contribution in [2.75, 3.05) is 26.8 Å². The quantitative estimate of drug-likeness (QED) is 0.918. The molecule has 114 valence electrons. The normalized spacial score (nSPS) is 21.6. The third kappa shape index (κ3) is 2.90. The number of benzene rings is 1. The monoisotopic (exact) mass is 295 g/mol. The Morgan fingerprint density at radius 3 is 2.76 bits per heavy atom. The number of carbonyl (C=O) groups is 2. The zero-order chi connectivity index (χ0) is 15.6. The van der Waals surface area contributed by atoms with Gasteiger partial charge in [-0.05, 0) is 31.0 Å². The molecule has 1 aliphatic rings. The summed E-state index contributed by atoms with van der Waals surface area (Å²) in [6.07, 6.45) is 0.330. The van der Waals surface area contributed by atoms with Crippen LogP contribution in [0.5, 0.6) is 0 Å². The predicted octanol–water partition coefficient (Wildman–Crippen LogP) is 1.70. The van der Waals surface area contributed by atoms with Crippen LogP contribution in [0.25, 0.3) is 0 Å². The van der Waals surface area contributed by atoms with Crippen molar-refractivity contribution in [1.29, 1.82) is 0 Å². The summed E-state index contributed by atoms with van der Waals surface area (Å²) >= 11 is 0. The van der Waals surface area contributed by atoms with Crippen LogP contribution in [-0.2, 0) is 9.53 Å². The molecule has 0 bridgehead atoms. The van der Waals surface area contributed by atoms with Gasteiger partial charge in [-0.25, -0.2) is 4.39 Å². The van der Waals surface area contributed by atoms with Crippen LogP contribution in [0.15, 0.2) is 18.2 Å². The van der Waals surface area contributed by atoms with Crippen molar-refractivity contribution in [3.8, 4) is 0 Å². The molecule has 1 saturated heterocycles. The lowest BCUT2D eigenvalue weighted by molar-refractivity contribution is -0.151. The molecule has 21 heavy (non-hydrogen) atoms. The van der Waals surface area contributed by atoms with E-state index in [0.717, 1.165) is 0 Å². The number of aryl methyl sites for hydroxylation is 1. The van der Waals surface area contributed by atoms with Crippen molar-refractivity contribution in [3.63, 3.8) is 0 Å². The highest BCUT2D eigenvalue weighted by Crippen LogP contribution is 2.32. The van der Waals surface area contributed by atoms with E-state index in [4.69, 9.17) is 4.74 Å². The minimum atomic E-state index is -1.08. The summed E-state index contributed by atoms with van der Waals surface area (Å²) in [7, 11) is 1.44. The highest BCUT2D eigenvalue weighted by molar-refractivity contribution is 5.95.